The van der Waals surface area contributed by atoms with E-state index in [0.717, 1.165) is 30.8 Å². The fourth-order valence-corrected chi connectivity index (χ4v) is 3.55. The number of aromatic nitrogens is 2. The first-order chi connectivity index (χ1) is 14.6. The van der Waals surface area contributed by atoms with E-state index in [1.54, 1.807) is 28.9 Å². The molecule has 2 aromatic carbocycles. The first-order valence-corrected chi connectivity index (χ1v) is 10.0. The zero-order valence-corrected chi connectivity index (χ0v) is 16.8. The second-order valence-electron chi connectivity index (χ2n) is 7.24. The smallest absolute Gasteiger partial charge is 0.259 e. The molecule has 4 rings (SSSR count). The molecule has 1 atom stereocenters. The first kappa shape index (κ1) is 19.8. The molecule has 1 saturated heterocycles. The molecule has 0 aliphatic carbocycles. The van der Waals surface area contributed by atoms with E-state index in [-0.39, 0.29) is 17.9 Å². The molecule has 7 heteroatoms. The Kier molecular flexibility index (Phi) is 5.90. The van der Waals surface area contributed by atoms with Crippen LogP contribution >= 0.6 is 0 Å². The number of ether oxygens (including phenoxy) is 1. The summed E-state index contributed by atoms with van der Waals surface area (Å²) < 4.78 is 7.27. The van der Waals surface area contributed by atoms with Gasteiger partial charge >= 0.3 is 0 Å². The van der Waals surface area contributed by atoms with Crippen LogP contribution in [0.2, 0.25) is 0 Å². The van der Waals surface area contributed by atoms with Crippen molar-refractivity contribution in [2.75, 3.05) is 18.5 Å². The minimum Gasteiger partial charge on any atom is -0.376 e. The monoisotopic (exact) mass is 404 g/mol. The molecule has 2 amide bonds. The molecular weight excluding hydrogens is 380 g/mol. The summed E-state index contributed by atoms with van der Waals surface area (Å²) in [6.07, 6.45) is 3.56. The van der Waals surface area contributed by atoms with Crippen LogP contribution in [0.25, 0.3) is 5.69 Å². The van der Waals surface area contributed by atoms with Crippen molar-refractivity contribution in [1.29, 1.82) is 0 Å². The third-order valence-corrected chi connectivity index (χ3v) is 5.19. The maximum absolute atomic E-state index is 12.9. The number of hydrogen-bond acceptors (Lipinski definition) is 4. The summed E-state index contributed by atoms with van der Waals surface area (Å²) in [5.74, 6) is -0.549. The lowest BCUT2D eigenvalue weighted by atomic mass is 10.1. The lowest BCUT2D eigenvalue weighted by molar-refractivity contribution is 0.0858. The zero-order valence-electron chi connectivity index (χ0n) is 16.8. The van der Waals surface area contributed by atoms with Crippen molar-refractivity contribution >= 4 is 17.5 Å². The van der Waals surface area contributed by atoms with Gasteiger partial charge in [-0.15, -0.1) is 0 Å². The van der Waals surface area contributed by atoms with Gasteiger partial charge in [-0.3, -0.25) is 9.59 Å². The Bertz CT molecular complexity index is 1040. The minimum atomic E-state index is -0.311. The largest absolute Gasteiger partial charge is 0.376 e. The molecule has 0 saturated carbocycles. The van der Waals surface area contributed by atoms with Crippen molar-refractivity contribution < 1.29 is 14.3 Å². The molecule has 3 aromatic rings. The maximum Gasteiger partial charge on any atom is 0.259 e. The number of nitrogens with zero attached hydrogens (tertiary/aromatic N) is 2. The van der Waals surface area contributed by atoms with Crippen molar-refractivity contribution in [2.24, 2.45) is 0 Å². The first-order valence-electron chi connectivity index (χ1n) is 10.0. The Morgan fingerprint density at radius 3 is 2.60 bits per heavy atom. The second kappa shape index (κ2) is 8.92. The molecule has 1 aliphatic rings. The molecule has 0 spiro atoms. The van der Waals surface area contributed by atoms with E-state index >= 15 is 0 Å². The van der Waals surface area contributed by atoms with Crippen LogP contribution in [0.1, 0.15) is 39.3 Å². The second-order valence-corrected chi connectivity index (χ2v) is 7.24. The van der Waals surface area contributed by atoms with Crippen LogP contribution in [0, 0.1) is 6.92 Å². The summed E-state index contributed by atoms with van der Waals surface area (Å²) in [5.41, 5.74) is 2.92. The average molecular weight is 404 g/mol. The topological polar surface area (TPSA) is 85.2 Å². The number of benzene rings is 2. The summed E-state index contributed by atoms with van der Waals surface area (Å²) in [6, 6.07) is 16.6. The maximum atomic E-state index is 12.9. The highest BCUT2D eigenvalue weighted by molar-refractivity contribution is 6.09. The standard InChI is InChI=1S/C23H24N4O3/c1-16-20(15-25-27(16)17-8-3-2-4-9-17)23(29)26-21-12-6-5-11-19(21)22(28)24-14-18-10-7-13-30-18/h2-6,8-9,11-12,15,18H,7,10,13-14H2,1H3,(H,24,28)(H,26,29)/t18-/m0/s1. The molecule has 0 radical (unpaired) electrons. The van der Waals surface area contributed by atoms with Gasteiger partial charge in [-0.05, 0) is 44.0 Å². The van der Waals surface area contributed by atoms with Crippen LogP contribution in [0.4, 0.5) is 5.69 Å². The summed E-state index contributed by atoms with van der Waals surface area (Å²) in [5, 5.41) is 10.1. The number of nitrogens with one attached hydrogen (secondary N) is 2. The van der Waals surface area contributed by atoms with Gasteiger partial charge in [0.2, 0.25) is 0 Å². The molecule has 7 nitrogen and oxygen atoms in total. The molecule has 1 fully saturated rings. The number of hydrogen-bond donors (Lipinski definition) is 2. The number of carbonyl (C=O) groups excluding carboxylic acids is 2. The van der Waals surface area contributed by atoms with Gasteiger partial charge in [0, 0.05) is 13.2 Å². The van der Waals surface area contributed by atoms with Gasteiger partial charge in [0.25, 0.3) is 11.8 Å². The van der Waals surface area contributed by atoms with E-state index in [9.17, 15) is 9.59 Å². The summed E-state index contributed by atoms with van der Waals surface area (Å²) in [6.45, 7) is 3.04. The molecular formula is C23H24N4O3. The van der Waals surface area contributed by atoms with Crippen LogP contribution in [0.15, 0.2) is 60.8 Å². The molecule has 2 N–H and O–H groups in total. The van der Waals surface area contributed by atoms with Crippen molar-refractivity contribution in [3.05, 3.63) is 77.6 Å². The lowest BCUT2D eigenvalue weighted by Crippen LogP contribution is -2.32. The zero-order chi connectivity index (χ0) is 20.9. The average Bonchev–Trinajstić information content (AvgIpc) is 3.42. The number of para-hydroxylation sites is 2. The van der Waals surface area contributed by atoms with Gasteiger partial charge in [0.1, 0.15) is 0 Å². The highest BCUT2D eigenvalue weighted by Gasteiger charge is 2.20. The third-order valence-electron chi connectivity index (χ3n) is 5.19. The fraction of sp³-hybridized carbons (Fsp3) is 0.261. The van der Waals surface area contributed by atoms with Crippen molar-refractivity contribution in [3.63, 3.8) is 0 Å². The Hall–Kier alpha value is -3.45. The van der Waals surface area contributed by atoms with Gasteiger partial charge < -0.3 is 15.4 Å². The Morgan fingerprint density at radius 1 is 1.07 bits per heavy atom. The summed E-state index contributed by atoms with van der Waals surface area (Å²) >= 11 is 0. The van der Waals surface area contributed by atoms with Crippen LogP contribution in [-0.2, 0) is 4.74 Å². The SMILES string of the molecule is Cc1c(C(=O)Nc2ccccc2C(=O)NC[C@@H]2CCCO2)cnn1-c1ccccc1. The number of carbonyl (C=O) groups is 2. The highest BCUT2D eigenvalue weighted by atomic mass is 16.5. The van der Waals surface area contributed by atoms with E-state index in [1.807, 2.05) is 37.3 Å². The molecule has 2 heterocycles. The van der Waals surface area contributed by atoms with Gasteiger partial charge in [0.05, 0.1) is 40.5 Å². The van der Waals surface area contributed by atoms with Gasteiger partial charge in [0.15, 0.2) is 0 Å². The third kappa shape index (κ3) is 4.26. The van der Waals surface area contributed by atoms with Crippen molar-refractivity contribution in [1.82, 2.24) is 15.1 Å². The molecule has 0 unspecified atom stereocenters. The summed E-state index contributed by atoms with van der Waals surface area (Å²) in [7, 11) is 0. The normalized spacial score (nSPS) is 15.7. The Morgan fingerprint density at radius 2 is 1.83 bits per heavy atom. The number of amides is 2. The molecule has 0 bridgehead atoms. The van der Waals surface area contributed by atoms with E-state index < -0.39 is 0 Å². The summed E-state index contributed by atoms with van der Waals surface area (Å²) in [4.78, 5) is 25.6. The highest BCUT2D eigenvalue weighted by Crippen LogP contribution is 2.19. The minimum absolute atomic E-state index is 0.0576. The Labute approximate surface area is 175 Å². The quantitative estimate of drug-likeness (QED) is 0.660. The van der Waals surface area contributed by atoms with Gasteiger partial charge in [-0.2, -0.15) is 5.10 Å². The van der Waals surface area contributed by atoms with Crippen LogP contribution in [0.3, 0.4) is 0 Å². The van der Waals surface area contributed by atoms with E-state index in [2.05, 4.69) is 15.7 Å². The van der Waals surface area contributed by atoms with Gasteiger partial charge in [-0.1, -0.05) is 30.3 Å². The van der Waals surface area contributed by atoms with E-state index in [0.29, 0.717) is 23.4 Å². The Balaban J connectivity index is 1.49. The molecule has 1 aliphatic heterocycles. The van der Waals surface area contributed by atoms with Crippen molar-refractivity contribution in [3.8, 4) is 5.69 Å². The number of anilines is 1. The predicted molar refractivity (Wildman–Crippen MR) is 114 cm³/mol. The van der Waals surface area contributed by atoms with E-state index in [4.69, 9.17) is 4.74 Å². The fourth-order valence-electron chi connectivity index (χ4n) is 3.55. The molecule has 30 heavy (non-hydrogen) atoms. The molecule has 154 valence electrons. The lowest BCUT2D eigenvalue weighted by Gasteiger charge is -2.14. The van der Waals surface area contributed by atoms with Crippen molar-refractivity contribution in [2.45, 2.75) is 25.9 Å². The molecule has 1 aromatic heterocycles. The van der Waals surface area contributed by atoms with Gasteiger partial charge in [-0.25, -0.2) is 4.68 Å². The van der Waals surface area contributed by atoms with E-state index in [1.165, 1.54) is 6.20 Å². The number of rotatable bonds is 6. The predicted octanol–water partition coefficient (Wildman–Crippen LogP) is 3.34. The van der Waals surface area contributed by atoms with Crippen LogP contribution < -0.4 is 10.6 Å². The van der Waals surface area contributed by atoms with Crippen LogP contribution in [-0.4, -0.2) is 40.9 Å². The van der Waals surface area contributed by atoms with Crippen LogP contribution in [0.5, 0.6) is 0 Å².